The van der Waals surface area contributed by atoms with Crippen molar-refractivity contribution in [2.45, 2.75) is 6.92 Å². The van der Waals surface area contributed by atoms with Crippen LogP contribution in [0.25, 0.3) is 0 Å². The lowest BCUT2D eigenvalue weighted by Gasteiger charge is -2.01. The summed E-state index contributed by atoms with van der Waals surface area (Å²) >= 11 is 0. The van der Waals surface area contributed by atoms with E-state index in [9.17, 15) is 4.79 Å². The second-order valence-electron chi connectivity index (χ2n) is 2.93. The van der Waals surface area contributed by atoms with Crippen LogP contribution in [0.2, 0.25) is 0 Å². The minimum atomic E-state index is -0.152. The molecule has 0 aromatic carbocycles. The number of H-pyrrole nitrogens is 1. The van der Waals surface area contributed by atoms with Crippen molar-refractivity contribution in [3.05, 3.63) is 22.1 Å². The Morgan fingerprint density at radius 1 is 1.62 bits per heavy atom. The van der Waals surface area contributed by atoms with E-state index in [1.165, 1.54) is 6.20 Å². The minimum absolute atomic E-state index is 0.152. The summed E-state index contributed by atoms with van der Waals surface area (Å²) in [6, 6.07) is 0. The van der Waals surface area contributed by atoms with E-state index in [-0.39, 0.29) is 5.56 Å². The number of aromatic amines is 1. The first-order valence-electron chi connectivity index (χ1n) is 3.86. The number of aromatic nitrogens is 2. The Hall–Kier alpha value is -1.65. The van der Waals surface area contributed by atoms with Crippen LogP contribution in [0.4, 0.5) is 5.95 Å². The molecule has 1 aromatic heterocycles. The highest BCUT2D eigenvalue weighted by molar-refractivity contribution is 5.57. The van der Waals surface area contributed by atoms with Gasteiger partial charge in [0.25, 0.3) is 5.56 Å². The second kappa shape index (κ2) is 3.84. The first-order valence-corrected chi connectivity index (χ1v) is 3.86. The fraction of sp³-hybridized carbons (Fsp3) is 0.375. The van der Waals surface area contributed by atoms with E-state index in [2.05, 4.69) is 15.0 Å². The zero-order chi connectivity index (χ0) is 9.84. The smallest absolute Gasteiger partial charge is 0.255 e. The van der Waals surface area contributed by atoms with Crippen LogP contribution in [0.5, 0.6) is 0 Å². The fourth-order valence-electron chi connectivity index (χ4n) is 0.685. The molecule has 0 saturated carbocycles. The molecule has 0 amide bonds. The van der Waals surface area contributed by atoms with E-state index >= 15 is 0 Å². The van der Waals surface area contributed by atoms with Crippen molar-refractivity contribution < 1.29 is 0 Å². The zero-order valence-corrected chi connectivity index (χ0v) is 7.90. The summed E-state index contributed by atoms with van der Waals surface area (Å²) in [6.45, 7) is 1.70. The Kier molecular flexibility index (Phi) is 2.79. The van der Waals surface area contributed by atoms with Crippen LogP contribution < -0.4 is 5.56 Å². The Morgan fingerprint density at radius 2 is 2.31 bits per heavy atom. The highest BCUT2D eigenvalue weighted by atomic mass is 16.1. The Bertz CT molecular complexity index is 367. The van der Waals surface area contributed by atoms with E-state index in [1.807, 2.05) is 14.1 Å². The van der Waals surface area contributed by atoms with Gasteiger partial charge in [-0.25, -0.2) is 9.98 Å². The van der Waals surface area contributed by atoms with Crippen molar-refractivity contribution in [2.24, 2.45) is 4.99 Å². The van der Waals surface area contributed by atoms with Crippen LogP contribution in [-0.2, 0) is 0 Å². The van der Waals surface area contributed by atoms with Gasteiger partial charge in [0.2, 0.25) is 5.95 Å². The van der Waals surface area contributed by atoms with E-state index in [1.54, 1.807) is 18.2 Å². The average molecular weight is 180 g/mol. The summed E-state index contributed by atoms with van der Waals surface area (Å²) in [5, 5.41) is 0. The van der Waals surface area contributed by atoms with Gasteiger partial charge >= 0.3 is 0 Å². The quantitative estimate of drug-likeness (QED) is 0.526. The van der Waals surface area contributed by atoms with Gasteiger partial charge in [0.1, 0.15) is 0 Å². The molecule has 13 heavy (non-hydrogen) atoms. The van der Waals surface area contributed by atoms with Crippen molar-refractivity contribution in [2.75, 3.05) is 14.1 Å². The monoisotopic (exact) mass is 180 g/mol. The second-order valence-corrected chi connectivity index (χ2v) is 2.93. The zero-order valence-electron chi connectivity index (χ0n) is 7.90. The van der Waals surface area contributed by atoms with Crippen molar-refractivity contribution in [3.63, 3.8) is 0 Å². The van der Waals surface area contributed by atoms with E-state index in [0.717, 1.165) is 0 Å². The number of aryl methyl sites for hydroxylation is 1. The Morgan fingerprint density at radius 3 is 2.85 bits per heavy atom. The first kappa shape index (κ1) is 9.44. The van der Waals surface area contributed by atoms with Gasteiger partial charge in [-0.3, -0.25) is 9.78 Å². The van der Waals surface area contributed by atoms with Crippen molar-refractivity contribution in [1.82, 2.24) is 14.9 Å². The molecule has 0 radical (unpaired) electrons. The molecule has 70 valence electrons. The molecule has 5 nitrogen and oxygen atoms in total. The number of aliphatic imine (C=N–C) groups is 1. The molecule has 5 heteroatoms. The lowest BCUT2D eigenvalue weighted by molar-refractivity contribution is 0.642. The molecule has 1 aromatic rings. The van der Waals surface area contributed by atoms with Gasteiger partial charge < -0.3 is 4.90 Å². The molecule has 0 aliphatic carbocycles. The standard InChI is InChI=1S/C8H12N4O/c1-6-4-9-8(11-7(6)13)10-5-12(2)3/h4-5H,1-3H3,(H,9,11,13)/b10-5+. The molecule has 0 unspecified atom stereocenters. The SMILES string of the molecule is Cc1cnc(/N=C/N(C)C)[nH]c1=O. The van der Waals surface area contributed by atoms with E-state index in [4.69, 9.17) is 0 Å². The van der Waals surface area contributed by atoms with Crippen LogP contribution in [-0.4, -0.2) is 35.3 Å². The predicted octanol–water partition coefficient (Wildman–Crippen LogP) is 0.300. The van der Waals surface area contributed by atoms with Gasteiger partial charge in [-0.1, -0.05) is 0 Å². The third-order valence-electron chi connectivity index (χ3n) is 1.37. The largest absolute Gasteiger partial charge is 0.369 e. The highest BCUT2D eigenvalue weighted by Crippen LogP contribution is 1.97. The van der Waals surface area contributed by atoms with Crippen molar-refractivity contribution in [1.29, 1.82) is 0 Å². The van der Waals surface area contributed by atoms with Gasteiger partial charge in [0.15, 0.2) is 0 Å². The molecule has 1 rings (SSSR count). The van der Waals surface area contributed by atoms with Gasteiger partial charge in [-0.05, 0) is 6.92 Å². The lowest BCUT2D eigenvalue weighted by atomic mass is 10.4. The van der Waals surface area contributed by atoms with Gasteiger partial charge in [-0.2, -0.15) is 0 Å². The molecular weight excluding hydrogens is 168 g/mol. The average Bonchev–Trinajstić information content (AvgIpc) is 2.07. The van der Waals surface area contributed by atoms with Crippen molar-refractivity contribution in [3.8, 4) is 0 Å². The van der Waals surface area contributed by atoms with Gasteiger partial charge in [0.05, 0.1) is 6.34 Å². The van der Waals surface area contributed by atoms with Gasteiger partial charge in [-0.15, -0.1) is 0 Å². The van der Waals surface area contributed by atoms with Crippen LogP contribution in [0.15, 0.2) is 16.0 Å². The van der Waals surface area contributed by atoms with E-state index in [0.29, 0.717) is 11.5 Å². The topological polar surface area (TPSA) is 61.4 Å². The molecule has 0 atom stereocenters. The Labute approximate surface area is 76.1 Å². The third kappa shape index (κ3) is 2.70. The van der Waals surface area contributed by atoms with Crippen molar-refractivity contribution >= 4 is 12.3 Å². The molecule has 1 N–H and O–H groups in total. The van der Waals surface area contributed by atoms with Gasteiger partial charge in [0, 0.05) is 25.9 Å². The highest BCUT2D eigenvalue weighted by Gasteiger charge is 1.94. The molecule has 0 bridgehead atoms. The number of rotatable bonds is 2. The number of nitrogens with zero attached hydrogens (tertiary/aromatic N) is 3. The maximum atomic E-state index is 11.1. The third-order valence-corrected chi connectivity index (χ3v) is 1.37. The molecule has 0 fully saturated rings. The number of hydrogen-bond donors (Lipinski definition) is 1. The normalized spacial score (nSPS) is 10.7. The van der Waals surface area contributed by atoms with Crippen LogP contribution >= 0.6 is 0 Å². The summed E-state index contributed by atoms with van der Waals surface area (Å²) in [5.74, 6) is 0.323. The summed E-state index contributed by atoms with van der Waals surface area (Å²) < 4.78 is 0. The lowest BCUT2D eigenvalue weighted by Crippen LogP contribution is -2.11. The predicted molar refractivity (Wildman–Crippen MR) is 51.4 cm³/mol. The number of nitrogens with one attached hydrogen (secondary N) is 1. The van der Waals surface area contributed by atoms with Crippen LogP contribution in [0, 0.1) is 6.92 Å². The molecular formula is C8H12N4O. The molecule has 0 aliphatic rings. The number of hydrogen-bond acceptors (Lipinski definition) is 3. The van der Waals surface area contributed by atoms with Crippen LogP contribution in [0.3, 0.4) is 0 Å². The molecule has 0 saturated heterocycles. The Balaban J connectivity index is 2.92. The summed E-state index contributed by atoms with van der Waals surface area (Å²) in [4.78, 5) is 23.3. The summed E-state index contributed by atoms with van der Waals surface area (Å²) in [6.07, 6.45) is 3.08. The van der Waals surface area contributed by atoms with Crippen LogP contribution in [0.1, 0.15) is 5.56 Å². The summed E-state index contributed by atoms with van der Waals surface area (Å²) in [5.41, 5.74) is 0.435. The molecule has 0 aliphatic heterocycles. The summed E-state index contributed by atoms with van der Waals surface area (Å²) in [7, 11) is 3.69. The maximum Gasteiger partial charge on any atom is 0.255 e. The minimum Gasteiger partial charge on any atom is -0.369 e. The van der Waals surface area contributed by atoms with E-state index < -0.39 is 0 Å². The fourth-order valence-corrected chi connectivity index (χ4v) is 0.685. The maximum absolute atomic E-state index is 11.1. The molecule has 1 heterocycles. The first-order chi connectivity index (χ1) is 6.09. The molecule has 0 spiro atoms.